The molecule has 3 nitrogen and oxygen atoms in total. The number of nitriles is 1. The van der Waals surface area contributed by atoms with E-state index in [1.807, 2.05) is 31.0 Å². The Morgan fingerprint density at radius 3 is 2.71 bits per heavy atom. The fourth-order valence-corrected chi connectivity index (χ4v) is 2.18. The molecule has 0 saturated carbocycles. The first-order valence-corrected chi connectivity index (χ1v) is 6.17. The fraction of sp³-hybridized carbons (Fsp3) is 0.385. The van der Waals surface area contributed by atoms with Crippen LogP contribution in [0.25, 0.3) is 0 Å². The van der Waals surface area contributed by atoms with Crippen LogP contribution in [0.1, 0.15) is 30.6 Å². The summed E-state index contributed by atoms with van der Waals surface area (Å²) in [5, 5.41) is 8.67. The molecule has 0 saturated heterocycles. The van der Waals surface area contributed by atoms with Gasteiger partial charge in [-0.25, -0.2) is 0 Å². The molecule has 1 atom stereocenters. The zero-order valence-corrected chi connectivity index (χ0v) is 11.8. The average molecular weight is 295 g/mol. The molecule has 0 aliphatic rings. The van der Waals surface area contributed by atoms with Gasteiger partial charge in [0.15, 0.2) is 5.78 Å². The summed E-state index contributed by atoms with van der Waals surface area (Å²) in [5.74, 6) is 0.0381. The van der Waals surface area contributed by atoms with Crippen molar-refractivity contribution in [3.8, 4) is 6.07 Å². The van der Waals surface area contributed by atoms with Crippen molar-refractivity contribution in [2.45, 2.75) is 26.3 Å². The molecule has 0 heterocycles. The van der Waals surface area contributed by atoms with Crippen LogP contribution in [-0.2, 0) is 0 Å². The number of ketones is 1. The third-order valence-electron chi connectivity index (χ3n) is 2.79. The van der Waals surface area contributed by atoms with E-state index in [-0.39, 0.29) is 11.8 Å². The highest BCUT2D eigenvalue weighted by Crippen LogP contribution is 2.25. The van der Waals surface area contributed by atoms with Crippen molar-refractivity contribution < 1.29 is 4.79 Å². The molecular formula is C13H15BrN2O. The van der Waals surface area contributed by atoms with Gasteiger partial charge in [-0.15, -0.1) is 0 Å². The molecule has 17 heavy (non-hydrogen) atoms. The van der Waals surface area contributed by atoms with Gasteiger partial charge in [0.1, 0.15) is 0 Å². The standard InChI is InChI=1S/C13H15BrN2O/c1-9(6-7-15)16(3)11-4-5-12(10(2)17)13(14)8-11/h4-5,8-9H,6H2,1-3H3. The number of hydrogen-bond acceptors (Lipinski definition) is 3. The van der Waals surface area contributed by atoms with Crippen molar-refractivity contribution in [1.82, 2.24) is 0 Å². The van der Waals surface area contributed by atoms with Gasteiger partial charge in [-0.3, -0.25) is 4.79 Å². The Bertz CT molecular complexity index is 465. The van der Waals surface area contributed by atoms with Crippen molar-refractivity contribution in [1.29, 1.82) is 5.26 Å². The molecule has 1 unspecified atom stereocenters. The van der Waals surface area contributed by atoms with Gasteiger partial charge in [0, 0.05) is 28.8 Å². The molecular weight excluding hydrogens is 280 g/mol. The van der Waals surface area contributed by atoms with E-state index >= 15 is 0 Å². The maximum atomic E-state index is 11.3. The number of nitrogens with zero attached hydrogens (tertiary/aromatic N) is 2. The van der Waals surface area contributed by atoms with Crippen LogP contribution in [0.5, 0.6) is 0 Å². The van der Waals surface area contributed by atoms with Gasteiger partial charge in [0.05, 0.1) is 12.5 Å². The molecule has 1 rings (SSSR count). The van der Waals surface area contributed by atoms with Crippen LogP contribution in [0.2, 0.25) is 0 Å². The normalized spacial score (nSPS) is 11.7. The van der Waals surface area contributed by atoms with Crippen LogP contribution in [-0.4, -0.2) is 18.9 Å². The second kappa shape index (κ2) is 5.83. The molecule has 0 aromatic heterocycles. The Kier molecular flexibility index (Phi) is 4.71. The highest BCUT2D eigenvalue weighted by atomic mass is 79.9. The second-order valence-electron chi connectivity index (χ2n) is 4.04. The number of carbonyl (C=O) groups is 1. The van der Waals surface area contributed by atoms with Crippen LogP contribution in [0.4, 0.5) is 5.69 Å². The predicted octanol–water partition coefficient (Wildman–Crippen LogP) is 3.39. The summed E-state index contributed by atoms with van der Waals surface area (Å²) >= 11 is 3.39. The number of hydrogen-bond donors (Lipinski definition) is 0. The van der Waals surface area contributed by atoms with Gasteiger partial charge in [-0.05, 0) is 48.0 Å². The molecule has 0 fully saturated rings. The molecule has 0 aliphatic carbocycles. The lowest BCUT2D eigenvalue weighted by Gasteiger charge is -2.25. The molecule has 1 aromatic rings. The zero-order chi connectivity index (χ0) is 13.0. The minimum atomic E-state index is 0.0381. The summed E-state index contributed by atoms with van der Waals surface area (Å²) < 4.78 is 0.790. The first-order valence-electron chi connectivity index (χ1n) is 5.37. The van der Waals surface area contributed by atoms with Crippen LogP contribution in [0, 0.1) is 11.3 Å². The third-order valence-corrected chi connectivity index (χ3v) is 3.44. The van der Waals surface area contributed by atoms with Gasteiger partial charge < -0.3 is 4.90 Å². The summed E-state index contributed by atoms with van der Waals surface area (Å²) in [6.45, 7) is 3.54. The zero-order valence-electron chi connectivity index (χ0n) is 10.2. The van der Waals surface area contributed by atoms with Crippen LogP contribution in [0.15, 0.2) is 22.7 Å². The van der Waals surface area contributed by atoms with Crippen molar-refractivity contribution in [2.24, 2.45) is 0 Å². The molecule has 90 valence electrons. The minimum absolute atomic E-state index is 0.0381. The fourth-order valence-electron chi connectivity index (χ4n) is 1.53. The summed E-state index contributed by atoms with van der Waals surface area (Å²) in [6, 6.07) is 7.91. The number of carbonyl (C=O) groups excluding carboxylic acids is 1. The van der Waals surface area contributed by atoms with Crippen LogP contribution >= 0.6 is 15.9 Å². The molecule has 0 aliphatic heterocycles. The number of benzene rings is 1. The molecule has 0 bridgehead atoms. The van der Waals surface area contributed by atoms with Crippen molar-refractivity contribution >= 4 is 27.4 Å². The predicted molar refractivity (Wildman–Crippen MR) is 72.2 cm³/mol. The molecule has 0 amide bonds. The summed E-state index contributed by atoms with van der Waals surface area (Å²) in [7, 11) is 1.94. The van der Waals surface area contributed by atoms with E-state index in [0.29, 0.717) is 12.0 Å². The third kappa shape index (κ3) is 3.31. The lowest BCUT2D eigenvalue weighted by molar-refractivity contribution is 0.101. The number of rotatable bonds is 4. The average Bonchev–Trinajstić information content (AvgIpc) is 2.27. The first-order chi connectivity index (χ1) is 7.97. The summed E-state index contributed by atoms with van der Waals surface area (Å²) in [4.78, 5) is 13.3. The molecule has 0 spiro atoms. The number of Topliss-reactive ketones (excluding diaryl/α,β-unsaturated/α-hetero) is 1. The smallest absolute Gasteiger partial charge is 0.160 e. The van der Waals surface area contributed by atoms with Gasteiger partial charge in [0.25, 0.3) is 0 Å². The lowest BCUT2D eigenvalue weighted by atomic mass is 10.1. The number of halogens is 1. The second-order valence-corrected chi connectivity index (χ2v) is 4.90. The summed E-state index contributed by atoms with van der Waals surface area (Å²) in [5.41, 5.74) is 1.67. The van der Waals surface area contributed by atoms with E-state index in [2.05, 4.69) is 22.0 Å². The Hall–Kier alpha value is -1.34. The van der Waals surface area contributed by atoms with Gasteiger partial charge in [-0.2, -0.15) is 5.26 Å². The SMILES string of the molecule is CC(=O)c1ccc(N(C)C(C)CC#N)cc1Br. The van der Waals surface area contributed by atoms with E-state index in [1.54, 1.807) is 13.0 Å². The topological polar surface area (TPSA) is 44.1 Å². The quantitative estimate of drug-likeness (QED) is 0.800. The van der Waals surface area contributed by atoms with E-state index < -0.39 is 0 Å². The largest absolute Gasteiger partial charge is 0.371 e. The van der Waals surface area contributed by atoms with Gasteiger partial charge in [-0.1, -0.05) is 0 Å². The molecule has 0 radical (unpaired) electrons. The highest BCUT2D eigenvalue weighted by molar-refractivity contribution is 9.10. The van der Waals surface area contributed by atoms with E-state index in [1.165, 1.54) is 0 Å². The maximum absolute atomic E-state index is 11.3. The van der Waals surface area contributed by atoms with E-state index in [9.17, 15) is 4.79 Å². The Labute approximate surface area is 110 Å². The minimum Gasteiger partial charge on any atom is -0.371 e. The highest BCUT2D eigenvalue weighted by Gasteiger charge is 2.12. The summed E-state index contributed by atoms with van der Waals surface area (Å²) in [6.07, 6.45) is 0.475. The van der Waals surface area contributed by atoms with Crippen LogP contribution in [0.3, 0.4) is 0 Å². The molecule has 4 heteroatoms. The van der Waals surface area contributed by atoms with Gasteiger partial charge in [0.2, 0.25) is 0 Å². The Balaban J connectivity index is 2.98. The van der Waals surface area contributed by atoms with Gasteiger partial charge >= 0.3 is 0 Å². The van der Waals surface area contributed by atoms with Crippen molar-refractivity contribution in [2.75, 3.05) is 11.9 Å². The Morgan fingerprint density at radius 2 is 2.24 bits per heavy atom. The van der Waals surface area contributed by atoms with E-state index in [4.69, 9.17) is 5.26 Å². The van der Waals surface area contributed by atoms with Crippen molar-refractivity contribution in [3.63, 3.8) is 0 Å². The molecule has 0 N–H and O–H groups in total. The maximum Gasteiger partial charge on any atom is 0.160 e. The number of anilines is 1. The first kappa shape index (κ1) is 13.7. The van der Waals surface area contributed by atoms with E-state index in [0.717, 1.165) is 10.2 Å². The Morgan fingerprint density at radius 1 is 1.59 bits per heavy atom. The lowest BCUT2D eigenvalue weighted by Crippen LogP contribution is -2.28. The van der Waals surface area contributed by atoms with Crippen molar-refractivity contribution in [3.05, 3.63) is 28.2 Å². The molecule has 1 aromatic carbocycles. The monoisotopic (exact) mass is 294 g/mol. The van der Waals surface area contributed by atoms with Crippen LogP contribution < -0.4 is 4.90 Å².